The summed E-state index contributed by atoms with van der Waals surface area (Å²) in [6, 6.07) is 4.14. The van der Waals surface area contributed by atoms with Gasteiger partial charge in [0.1, 0.15) is 11.6 Å². The van der Waals surface area contributed by atoms with E-state index in [4.69, 9.17) is 0 Å². The molecule has 1 aromatic carbocycles. The van der Waals surface area contributed by atoms with E-state index in [1.54, 1.807) is 0 Å². The van der Waals surface area contributed by atoms with Crippen LogP contribution in [0.4, 0.5) is 8.78 Å². The van der Waals surface area contributed by atoms with Gasteiger partial charge in [0, 0.05) is 18.2 Å². The molecule has 2 unspecified atom stereocenters. The number of nitrogens with one attached hydrogen (secondary N) is 2. The Kier molecular flexibility index (Phi) is 5.06. The summed E-state index contributed by atoms with van der Waals surface area (Å²) in [4.78, 5) is 11.8. The maximum Gasteiger partial charge on any atom is 0.224 e. The van der Waals surface area contributed by atoms with Crippen LogP contribution in [0.2, 0.25) is 0 Å². The molecule has 110 valence electrons. The van der Waals surface area contributed by atoms with Crippen LogP contribution in [0.1, 0.15) is 25.3 Å². The van der Waals surface area contributed by atoms with Gasteiger partial charge in [0.05, 0.1) is 6.42 Å². The lowest BCUT2D eigenvalue weighted by Gasteiger charge is -2.27. The molecule has 0 aliphatic carbocycles. The van der Waals surface area contributed by atoms with Crippen LogP contribution in [0.3, 0.4) is 0 Å². The second-order valence-corrected chi connectivity index (χ2v) is 5.43. The average molecular weight is 282 g/mol. The first-order valence-corrected chi connectivity index (χ1v) is 6.99. The van der Waals surface area contributed by atoms with Crippen molar-refractivity contribution in [3.63, 3.8) is 0 Å². The number of halogens is 2. The lowest BCUT2D eigenvalue weighted by atomic mass is 9.95. The van der Waals surface area contributed by atoms with Crippen molar-refractivity contribution in [1.29, 1.82) is 0 Å². The number of piperidine rings is 1. The Morgan fingerprint density at radius 2 is 2.05 bits per heavy atom. The molecule has 0 radical (unpaired) electrons. The molecule has 0 aromatic heterocycles. The van der Waals surface area contributed by atoms with E-state index in [-0.39, 0.29) is 17.9 Å². The first-order chi connectivity index (χ1) is 9.56. The smallest absolute Gasteiger partial charge is 0.224 e. The van der Waals surface area contributed by atoms with Crippen molar-refractivity contribution in [3.05, 3.63) is 35.4 Å². The van der Waals surface area contributed by atoms with Crippen molar-refractivity contribution in [2.75, 3.05) is 13.1 Å². The van der Waals surface area contributed by atoms with E-state index >= 15 is 0 Å². The van der Waals surface area contributed by atoms with Crippen molar-refractivity contribution in [2.45, 2.75) is 32.2 Å². The van der Waals surface area contributed by atoms with Crippen LogP contribution >= 0.6 is 0 Å². The van der Waals surface area contributed by atoms with Crippen molar-refractivity contribution in [3.8, 4) is 0 Å². The predicted octanol–water partition coefficient (Wildman–Crippen LogP) is 2.01. The molecule has 2 atom stereocenters. The maximum atomic E-state index is 13.4. The third-order valence-corrected chi connectivity index (χ3v) is 3.75. The van der Waals surface area contributed by atoms with Gasteiger partial charge in [-0.15, -0.1) is 0 Å². The minimum Gasteiger partial charge on any atom is -0.355 e. The molecule has 2 N–H and O–H groups in total. The SMILES string of the molecule is CC1CCC(CNC(=O)Cc2c(F)cccc2F)CN1. The second-order valence-electron chi connectivity index (χ2n) is 5.43. The first-order valence-electron chi connectivity index (χ1n) is 6.99. The third-order valence-electron chi connectivity index (χ3n) is 3.75. The Morgan fingerprint density at radius 1 is 1.35 bits per heavy atom. The third kappa shape index (κ3) is 4.00. The van der Waals surface area contributed by atoms with Gasteiger partial charge < -0.3 is 10.6 Å². The summed E-state index contributed by atoms with van der Waals surface area (Å²) < 4.78 is 26.8. The molecule has 0 saturated carbocycles. The average Bonchev–Trinajstić information content (AvgIpc) is 2.42. The Morgan fingerprint density at radius 3 is 2.65 bits per heavy atom. The molecule has 5 heteroatoms. The van der Waals surface area contributed by atoms with Crippen LogP contribution < -0.4 is 10.6 Å². The van der Waals surface area contributed by atoms with E-state index in [2.05, 4.69) is 17.6 Å². The molecule has 3 nitrogen and oxygen atoms in total. The van der Waals surface area contributed by atoms with Crippen molar-refractivity contribution in [2.24, 2.45) is 5.92 Å². The summed E-state index contributed by atoms with van der Waals surface area (Å²) in [6.45, 7) is 3.56. The van der Waals surface area contributed by atoms with Gasteiger partial charge in [0.25, 0.3) is 0 Å². The standard InChI is InChI=1S/C15H20F2N2O/c1-10-5-6-11(8-18-10)9-19-15(20)7-12-13(16)3-2-4-14(12)17/h2-4,10-11,18H,5-9H2,1H3,(H,19,20). The highest BCUT2D eigenvalue weighted by Gasteiger charge is 2.19. The van der Waals surface area contributed by atoms with Gasteiger partial charge in [-0.25, -0.2) is 8.78 Å². The molecule has 1 aliphatic rings. The number of benzene rings is 1. The van der Waals surface area contributed by atoms with Gasteiger partial charge in [-0.2, -0.15) is 0 Å². The fraction of sp³-hybridized carbons (Fsp3) is 0.533. The Hall–Kier alpha value is -1.49. The van der Waals surface area contributed by atoms with E-state index in [1.165, 1.54) is 6.07 Å². The first kappa shape index (κ1) is 14.9. The zero-order chi connectivity index (χ0) is 14.5. The van der Waals surface area contributed by atoms with Crippen LogP contribution in [0.15, 0.2) is 18.2 Å². The summed E-state index contributed by atoms with van der Waals surface area (Å²) >= 11 is 0. The number of hydrogen-bond donors (Lipinski definition) is 2. The van der Waals surface area contributed by atoms with Gasteiger partial charge >= 0.3 is 0 Å². The van der Waals surface area contributed by atoms with Crippen molar-refractivity contribution in [1.82, 2.24) is 10.6 Å². The molecular weight excluding hydrogens is 262 g/mol. The monoisotopic (exact) mass is 282 g/mol. The Bertz CT molecular complexity index is 451. The van der Waals surface area contributed by atoms with Crippen LogP contribution in [0, 0.1) is 17.6 Å². The molecule has 0 spiro atoms. The van der Waals surface area contributed by atoms with Crippen molar-refractivity contribution < 1.29 is 13.6 Å². The van der Waals surface area contributed by atoms with Gasteiger partial charge in [-0.1, -0.05) is 6.07 Å². The van der Waals surface area contributed by atoms with Gasteiger partial charge in [0.15, 0.2) is 0 Å². The molecule has 1 fully saturated rings. The highest BCUT2D eigenvalue weighted by Crippen LogP contribution is 2.14. The zero-order valence-corrected chi connectivity index (χ0v) is 11.6. The Balaban J connectivity index is 1.81. The predicted molar refractivity (Wildman–Crippen MR) is 73.3 cm³/mol. The van der Waals surface area contributed by atoms with Crippen LogP contribution in [-0.2, 0) is 11.2 Å². The summed E-state index contributed by atoms with van der Waals surface area (Å²) in [5.41, 5.74) is -0.166. The van der Waals surface area contributed by atoms with Gasteiger partial charge in [-0.05, 0) is 44.4 Å². The fourth-order valence-electron chi connectivity index (χ4n) is 2.41. The van der Waals surface area contributed by atoms with Gasteiger partial charge in [-0.3, -0.25) is 4.79 Å². The normalized spacial score (nSPS) is 22.6. The Labute approximate surface area is 117 Å². The number of rotatable bonds is 4. The topological polar surface area (TPSA) is 41.1 Å². The van der Waals surface area contributed by atoms with E-state index in [0.29, 0.717) is 18.5 Å². The van der Waals surface area contributed by atoms with E-state index < -0.39 is 11.6 Å². The number of amides is 1. The molecule has 1 heterocycles. The highest BCUT2D eigenvalue weighted by molar-refractivity contribution is 5.78. The minimum absolute atomic E-state index is 0.166. The van der Waals surface area contributed by atoms with Gasteiger partial charge in [0.2, 0.25) is 5.91 Å². The number of carbonyl (C=O) groups is 1. The quantitative estimate of drug-likeness (QED) is 0.887. The largest absolute Gasteiger partial charge is 0.355 e. The lowest BCUT2D eigenvalue weighted by molar-refractivity contribution is -0.120. The van der Waals surface area contributed by atoms with Crippen LogP contribution in [-0.4, -0.2) is 25.0 Å². The molecule has 1 saturated heterocycles. The molecular formula is C15H20F2N2O. The fourth-order valence-corrected chi connectivity index (χ4v) is 2.41. The molecule has 2 rings (SSSR count). The molecule has 0 bridgehead atoms. The number of carbonyl (C=O) groups excluding carboxylic acids is 1. The highest BCUT2D eigenvalue weighted by atomic mass is 19.1. The second kappa shape index (κ2) is 6.79. The molecule has 1 aliphatic heterocycles. The minimum atomic E-state index is -0.673. The summed E-state index contributed by atoms with van der Waals surface area (Å²) in [7, 11) is 0. The zero-order valence-electron chi connectivity index (χ0n) is 11.6. The lowest BCUT2D eigenvalue weighted by Crippen LogP contribution is -2.42. The number of hydrogen-bond acceptors (Lipinski definition) is 2. The van der Waals surface area contributed by atoms with E-state index in [9.17, 15) is 13.6 Å². The summed E-state index contributed by atoms with van der Waals surface area (Å²) in [5, 5.41) is 6.11. The summed E-state index contributed by atoms with van der Waals surface area (Å²) in [5.74, 6) is -1.30. The van der Waals surface area contributed by atoms with Crippen molar-refractivity contribution >= 4 is 5.91 Å². The van der Waals surface area contributed by atoms with Crippen LogP contribution in [0.5, 0.6) is 0 Å². The van der Waals surface area contributed by atoms with E-state index in [1.807, 2.05) is 0 Å². The van der Waals surface area contributed by atoms with Crippen LogP contribution in [0.25, 0.3) is 0 Å². The molecule has 20 heavy (non-hydrogen) atoms. The maximum absolute atomic E-state index is 13.4. The molecule has 1 amide bonds. The van der Waals surface area contributed by atoms with E-state index in [0.717, 1.165) is 31.5 Å². The molecule has 1 aromatic rings. The summed E-state index contributed by atoms with van der Waals surface area (Å²) in [6.07, 6.45) is 1.89.